The first-order valence-electron chi connectivity index (χ1n) is 5.81. The zero-order valence-electron chi connectivity index (χ0n) is 11.3. The minimum Gasteiger partial charge on any atom is -0.366 e. The molecule has 1 unspecified atom stereocenters. The first-order valence-corrected chi connectivity index (χ1v) is 5.81. The van der Waals surface area contributed by atoms with E-state index in [0.717, 1.165) is 5.56 Å². The molecule has 106 valence electrons. The topological polar surface area (TPSA) is 84.2 Å². The molecule has 0 bridgehead atoms. The third-order valence-corrected chi connectivity index (χ3v) is 2.72. The van der Waals surface area contributed by atoms with Gasteiger partial charge in [-0.15, -0.1) is 12.4 Å². The SMILES string of the molecule is CNCC(C)C(=O)Nc1ccc(C(N)=O)c(C)c1.Cl. The molecule has 1 aromatic carbocycles. The molecule has 0 heterocycles. The minimum absolute atomic E-state index is 0. The van der Waals surface area contributed by atoms with Gasteiger partial charge in [0.15, 0.2) is 0 Å². The van der Waals surface area contributed by atoms with Crippen molar-refractivity contribution in [2.75, 3.05) is 18.9 Å². The number of carbonyl (C=O) groups excluding carboxylic acids is 2. The second-order valence-corrected chi connectivity index (χ2v) is 4.34. The van der Waals surface area contributed by atoms with Crippen molar-refractivity contribution in [3.05, 3.63) is 29.3 Å². The Morgan fingerprint density at radius 3 is 2.47 bits per heavy atom. The predicted molar refractivity (Wildman–Crippen MR) is 78.7 cm³/mol. The van der Waals surface area contributed by atoms with Crippen molar-refractivity contribution < 1.29 is 9.59 Å². The lowest BCUT2D eigenvalue weighted by molar-refractivity contribution is -0.119. The molecule has 1 aromatic rings. The highest BCUT2D eigenvalue weighted by atomic mass is 35.5. The molecule has 0 aromatic heterocycles. The number of nitrogens with two attached hydrogens (primary N) is 1. The van der Waals surface area contributed by atoms with Crippen molar-refractivity contribution in [3.8, 4) is 0 Å². The number of halogens is 1. The Labute approximate surface area is 119 Å². The molecule has 0 aliphatic heterocycles. The van der Waals surface area contributed by atoms with Crippen LogP contribution >= 0.6 is 12.4 Å². The summed E-state index contributed by atoms with van der Waals surface area (Å²) in [5, 5.41) is 5.75. The van der Waals surface area contributed by atoms with Gasteiger partial charge in [0.05, 0.1) is 0 Å². The van der Waals surface area contributed by atoms with E-state index in [4.69, 9.17) is 5.73 Å². The van der Waals surface area contributed by atoms with Crippen LogP contribution in [0.15, 0.2) is 18.2 Å². The lowest BCUT2D eigenvalue weighted by Crippen LogP contribution is -2.28. The van der Waals surface area contributed by atoms with Crippen LogP contribution in [0.5, 0.6) is 0 Å². The number of anilines is 1. The third-order valence-electron chi connectivity index (χ3n) is 2.72. The zero-order valence-corrected chi connectivity index (χ0v) is 12.1. The van der Waals surface area contributed by atoms with E-state index in [2.05, 4.69) is 10.6 Å². The molecule has 0 aliphatic rings. The van der Waals surface area contributed by atoms with E-state index in [1.54, 1.807) is 32.2 Å². The van der Waals surface area contributed by atoms with Gasteiger partial charge in [0, 0.05) is 23.7 Å². The number of hydrogen-bond acceptors (Lipinski definition) is 3. The van der Waals surface area contributed by atoms with Crippen molar-refractivity contribution in [3.63, 3.8) is 0 Å². The van der Waals surface area contributed by atoms with E-state index in [1.165, 1.54) is 0 Å². The average Bonchev–Trinajstić information content (AvgIpc) is 2.28. The van der Waals surface area contributed by atoms with E-state index in [9.17, 15) is 9.59 Å². The number of benzene rings is 1. The van der Waals surface area contributed by atoms with Gasteiger partial charge >= 0.3 is 0 Å². The normalized spacial score (nSPS) is 11.3. The molecular formula is C13H20ClN3O2. The van der Waals surface area contributed by atoms with Crippen molar-refractivity contribution in [1.82, 2.24) is 5.32 Å². The van der Waals surface area contributed by atoms with Gasteiger partial charge in [-0.3, -0.25) is 9.59 Å². The molecule has 2 amide bonds. The van der Waals surface area contributed by atoms with Crippen LogP contribution in [0.4, 0.5) is 5.69 Å². The smallest absolute Gasteiger partial charge is 0.248 e. The average molecular weight is 286 g/mol. The predicted octanol–water partition coefficient (Wildman–Crippen LogP) is 1.31. The van der Waals surface area contributed by atoms with Crippen LogP contribution < -0.4 is 16.4 Å². The lowest BCUT2D eigenvalue weighted by atomic mass is 10.1. The van der Waals surface area contributed by atoms with E-state index >= 15 is 0 Å². The molecule has 0 spiro atoms. The molecule has 6 heteroatoms. The third kappa shape index (κ3) is 4.89. The fourth-order valence-electron chi connectivity index (χ4n) is 1.68. The Morgan fingerprint density at radius 2 is 2.00 bits per heavy atom. The Hall–Kier alpha value is -1.59. The van der Waals surface area contributed by atoms with Crippen LogP contribution in [0.1, 0.15) is 22.8 Å². The first kappa shape index (κ1) is 17.4. The Balaban J connectivity index is 0.00000324. The van der Waals surface area contributed by atoms with Gasteiger partial charge < -0.3 is 16.4 Å². The number of nitrogens with one attached hydrogen (secondary N) is 2. The Morgan fingerprint density at radius 1 is 1.37 bits per heavy atom. The van der Waals surface area contributed by atoms with E-state index in [0.29, 0.717) is 17.8 Å². The number of hydrogen-bond donors (Lipinski definition) is 3. The first-order chi connectivity index (χ1) is 8.45. The second-order valence-electron chi connectivity index (χ2n) is 4.34. The number of carbonyl (C=O) groups is 2. The van der Waals surface area contributed by atoms with Crippen LogP contribution in [-0.2, 0) is 4.79 Å². The Bertz CT molecular complexity index is 463. The van der Waals surface area contributed by atoms with Gasteiger partial charge in [-0.25, -0.2) is 0 Å². The van der Waals surface area contributed by atoms with Gasteiger partial charge in [-0.05, 0) is 37.7 Å². The highest BCUT2D eigenvalue weighted by molar-refractivity contribution is 5.96. The van der Waals surface area contributed by atoms with Crippen molar-refractivity contribution in [1.29, 1.82) is 0 Å². The summed E-state index contributed by atoms with van der Waals surface area (Å²) < 4.78 is 0. The summed E-state index contributed by atoms with van der Waals surface area (Å²) in [5.74, 6) is -0.643. The molecule has 0 saturated carbocycles. The van der Waals surface area contributed by atoms with E-state index in [1.807, 2.05) is 6.92 Å². The van der Waals surface area contributed by atoms with Crippen molar-refractivity contribution >= 4 is 29.9 Å². The fraction of sp³-hybridized carbons (Fsp3) is 0.385. The summed E-state index contributed by atoms with van der Waals surface area (Å²) >= 11 is 0. The van der Waals surface area contributed by atoms with Crippen LogP contribution in [0.25, 0.3) is 0 Å². The summed E-state index contributed by atoms with van der Waals surface area (Å²) in [6.45, 7) is 4.24. The maximum atomic E-state index is 11.8. The van der Waals surface area contributed by atoms with Crippen LogP contribution in [0, 0.1) is 12.8 Å². The monoisotopic (exact) mass is 285 g/mol. The van der Waals surface area contributed by atoms with Gasteiger partial charge in [0.25, 0.3) is 0 Å². The standard InChI is InChI=1S/C13H19N3O2.ClH/c1-8-6-10(4-5-11(8)12(14)17)16-13(18)9(2)7-15-3;/h4-6,9,15H,7H2,1-3H3,(H2,14,17)(H,16,18);1H. The molecule has 0 fully saturated rings. The molecule has 0 radical (unpaired) electrons. The van der Waals surface area contributed by atoms with Crippen molar-refractivity contribution in [2.45, 2.75) is 13.8 Å². The number of aryl methyl sites for hydroxylation is 1. The summed E-state index contributed by atoms with van der Waals surface area (Å²) in [6, 6.07) is 5.04. The lowest BCUT2D eigenvalue weighted by Gasteiger charge is -2.12. The molecule has 1 rings (SSSR count). The van der Waals surface area contributed by atoms with Gasteiger partial charge in [0.2, 0.25) is 11.8 Å². The van der Waals surface area contributed by atoms with Crippen LogP contribution in [-0.4, -0.2) is 25.4 Å². The summed E-state index contributed by atoms with van der Waals surface area (Å²) in [5.41, 5.74) is 7.11. The maximum Gasteiger partial charge on any atom is 0.248 e. The number of rotatable bonds is 5. The second kappa shape index (κ2) is 7.76. The molecular weight excluding hydrogens is 266 g/mol. The van der Waals surface area contributed by atoms with Crippen LogP contribution in [0.3, 0.4) is 0 Å². The summed E-state index contributed by atoms with van der Waals surface area (Å²) in [7, 11) is 1.80. The van der Waals surface area contributed by atoms with Crippen molar-refractivity contribution in [2.24, 2.45) is 11.7 Å². The zero-order chi connectivity index (χ0) is 13.7. The van der Waals surface area contributed by atoms with Gasteiger partial charge in [-0.1, -0.05) is 6.92 Å². The molecule has 5 nitrogen and oxygen atoms in total. The summed E-state index contributed by atoms with van der Waals surface area (Å²) in [6.07, 6.45) is 0. The molecule has 1 atom stereocenters. The van der Waals surface area contributed by atoms with Crippen LogP contribution in [0.2, 0.25) is 0 Å². The highest BCUT2D eigenvalue weighted by Crippen LogP contribution is 2.15. The highest BCUT2D eigenvalue weighted by Gasteiger charge is 2.12. The largest absolute Gasteiger partial charge is 0.366 e. The van der Waals surface area contributed by atoms with E-state index < -0.39 is 5.91 Å². The number of amides is 2. The minimum atomic E-state index is -0.464. The molecule has 0 aliphatic carbocycles. The summed E-state index contributed by atoms with van der Waals surface area (Å²) in [4.78, 5) is 22.9. The Kier molecular flexibility index (Phi) is 7.11. The molecule has 19 heavy (non-hydrogen) atoms. The maximum absolute atomic E-state index is 11.8. The van der Waals surface area contributed by atoms with E-state index in [-0.39, 0.29) is 24.2 Å². The van der Waals surface area contributed by atoms with Gasteiger partial charge in [-0.2, -0.15) is 0 Å². The molecule has 4 N–H and O–H groups in total. The fourth-order valence-corrected chi connectivity index (χ4v) is 1.68. The quantitative estimate of drug-likeness (QED) is 0.763. The number of primary amides is 1. The molecule has 0 saturated heterocycles. The van der Waals surface area contributed by atoms with Gasteiger partial charge in [0.1, 0.15) is 0 Å².